The van der Waals surface area contributed by atoms with Gasteiger partial charge in [0.25, 0.3) is 5.91 Å². The van der Waals surface area contributed by atoms with E-state index in [9.17, 15) is 4.79 Å². The minimum absolute atomic E-state index is 0.0364. The summed E-state index contributed by atoms with van der Waals surface area (Å²) >= 11 is 0. The van der Waals surface area contributed by atoms with E-state index in [1.165, 1.54) is 0 Å². The van der Waals surface area contributed by atoms with Gasteiger partial charge < -0.3 is 20.1 Å². The summed E-state index contributed by atoms with van der Waals surface area (Å²) in [6, 6.07) is 7.71. The Hall–Kier alpha value is -1.59. The lowest BCUT2D eigenvalue weighted by Crippen LogP contribution is -2.45. The summed E-state index contributed by atoms with van der Waals surface area (Å²) in [4.78, 5) is 13.9. The molecule has 1 atom stereocenters. The molecule has 1 aromatic carbocycles. The van der Waals surface area contributed by atoms with E-state index < -0.39 is 6.10 Å². The quantitative estimate of drug-likeness (QED) is 0.818. The van der Waals surface area contributed by atoms with Gasteiger partial charge in [-0.2, -0.15) is 0 Å². The lowest BCUT2D eigenvalue weighted by atomic mass is 10.1. The summed E-state index contributed by atoms with van der Waals surface area (Å²) in [6.07, 6.45) is 0.297. The molecule has 1 amide bonds. The third kappa shape index (κ3) is 3.95. The van der Waals surface area contributed by atoms with Crippen LogP contribution in [0.5, 0.6) is 0 Å². The number of nitrogens with zero attached hydrogens (tertiary/aromatic N) is 1. The van der Waals surface area contributed by atoms with E-state index in [4.69, 9.17) is 15.2 Å². The molecule has 110 valence electrons. The van der Waals surface area contributed by atoms with Crippen molar-refractivity contribution in [3.8, 4) is 0 Å². The Balaban J connectivity index is 1.75. The first-order valence-electron chi connectivity index (χ1n) is 7.00. The second kappa shape index (κ2) is 7.26. The van der Waals surface area contributed by atoms with Gasteiger partial charge in [0.2, 0.25) is 0 Å². The van der Waals surface area contributed by atoms with E-state index in [2.05, 4.69) is 0 Å². The summed E-state index contributed by atoms with van der Waals surface area (Å²) in [5.74, 6) is 0.0364. The molecule has 0 aromatic heterocycles. The molecule has 1 aliphatic rings. The third-order valence-electron chi connectivity index (χ3n) is 3.46. The number of carbonyl (C=O) groups excluding carboxylic acids is 1. The molecule has 0 radical (unpaired) electrons. The number of benzene rings is 1. The van der Waals surface area contributed by atoms with E-state index in [0.717, 1.165) is 11.3 Å². The van der Waals surface area contributed by atoms with Crippen LogP contribution >= 0.6 is 0 Å². The number of carbonyl (C=O) groups is 1. The van der Waals surface area contributed by atoms with Crippen LogP contribution in [-0.4, -0.2) is 49.8 Å². The first kappa shape index (κ1) is 14.8. The fraction of sp³-hybridized carbons (Fsp3) is 0.533. The number of nitrogens with two attached hydrogens (primary N) is 1. The Morgan fingerprint density at radius 2 is 2.10 bits per heavy atom. The van der Waals surface area contributed by atoms with E-state index >= 15 is 0 Å². The van der Waals surface area contributed by atoms with Gasteiger partial charge >= 0.3 is 0 Å². The number of para-hydroxylation sites is 1. The van der Waals surface area contributed by atoms with Crippen molar-refractivity contribution in [3.05, 3.63) is 29.8 Å². The molecule has 1 saturated heterocycles. The summed E-state index contributed by atoms with van der Waals surface area (Å²) in [5, 5.41) is 0. The zero-order valence-electron chi connectivity index (χ0n) is 11.9. The predicted octanol–water partition coefficient (Wildman–Crippen LogP) is 1.08. The summed E-state index contributed by atoms with van der Waals surface area (Å²) < 4.78 is 10.9. The monoisotopic (exact) mass is 278 g/mol. The molecule has 0 bridgehead atoms. The molecule has 20 heavy (non-hydrogen) atoms. The van der Waals surface area contributed by atoms with Gasteiger partial charge in [0, 0.05) is 18.8 Å². The van der Waals surface area contributed by atoms with E-state index in [1.54, 1.807) is 11.8 Å². The molecule has 5 heteroatoms. The fourth-order valence-electron chi connectivity index (χ4n) is 2.22. The topological polar surface area (TPSA) is 64.8 Å². The third-order valence-corrected chi connectivity index (χ3v) is 3.46. The molecule has 1 aromatic rings. The standard InChI is InChI=1S/C15H22N2O3/c1-12(15(18)17-7-10-19-11-8-17)20-9-6-13-4-2-3-5-14(13)16/h2-5,12H,6-11,16H2,1H3. The second-order valence-corrected chi connectivity index (χ2v) is 4.90. The highest BCUT2D eigenvalue weighted by Gasteiger charge is 2.22. The lowest BCUT2D eigenvalue weighted by Gasteiger charge is -2.29. The largest absolute Gasteiger partial charge is 0.399 e. The normalized spacial score (nSPS) is 16.9. The molecule has 0 spiro atoms. The number of nitrogen functional groups attached to an aromatic ring is 1. The maximum atomic E-state index is 12.1. The SMILES string of the molecule is CC(OCCc1ccccc1N)C(=O)N1CCOCC1. The smallest absolute Gasteiger partial charge is 0.251 e. The zero-order chi connectivity index (χ0) is 14.4. The molecular weight excluding hydrogens is 256 g/mol. The van der Waals surface area contributed by atoms with E-state index in [1.807, 2.05) is 24.3 Å². The highest BCUT2D eigenvalue weighted by molar-refractivity contribution is 5.80. The van der Waals surface area contributed by atoms with Crippen LogP contribution in [0.4, 0.5) is 5.69 Å². The molecule has 1 heterocycles. The first-order valence-corrected chi connectivity index (χ1v) is 7.00. The Labute approximate surface area is 119 Å². The number of anilines is 1. The number of hydrogen-bond donors (Lipinski definition) is 1. The van der Waals surface area contributed by atoms with Crippen molar-refractivity contribution in [2.75, 3.05) is 38.6 Å². The van der Waals surface area contributed by atoms with Gasteiger partial charge in [-0.1, -0.05) is 18.2 Å². The van der Waals surface area contributed by atoms with Crippen molar-refractivity contribution >= 4 is 11.6 Å². The number of ether oxygens (including phenoxy) is 2. The van der Waals surface area contributed by atoms with Gasteiger partial charge in [0.15, 0.2) is 0 Å². The molecule has 5 nitrogen and oxygen atoms in total. The zero-order valence-corrected chi connectivity index (χ0v) is 11.9. The second-order valence-electron chi connectivity index (χ2n) is 4.90. The molecular formula is C15H22N2O3. The predicted molar refractivity (Wildman–Crippen MR) is 77.4 cm³/mol. The first-order chi connectivity index (χ1) is 9.68. The maximum Gasteiger partial charge on any atom is 0.251 e. The Morgan fingerprint density at radius 1 is 1.40 bits per heavy atom. The van der Waals surface area contributed by atoms with Gasteiger partial charge in [-0.15, -0.1) is 0 Å². The Bertz CT molecular complexity index is 444. The van der Waals surface area contributed by atoms with Crippen molar-refractivity contribution in [2.24, 2.45) is 0 Å². The van der Waals surface area contributed by atoms with Crippen LogP contribution in [-0.2, 0) is 20.7 Å². The van der Waals surface area contributed by atoms with Gasteiger partial charge in [0.05, 0.1) is 19.8 Å². The highest BCUT2D eigenvalue weighted by Crippen LogP contribution is 2.12. The van der Waals surface area contributed by atoms with Crippen molar-refractivity contribution in [1.82, 2.24) is 4.90 Å². The van der Waals surface area contributed by atoms with Crippen LogP contribution in [0.15, 0.2) is 24.3 Å². The fourth-order valence-corrected chi connectivity index (χ4v) is 2.22. The van der Waals surface area contributed by atoms with Gasteiger partial charge in [-0.25, -0.2) is 0 Å². The molecule has 0 aliphatic carbocycles. The van der Waals surface area contributed by atoms with Crippen LogP contribution in [0.1, 0.15) is 12.5 Å². The summed E-state index contributed by atoms with van der Waals surface area (Å²) in [6.45, 7) is 4.81. The molecule has 0 saturated carbocycles. The molecule has 1 unspecified atom stereocenters. The van der Waals surface area contributed by atoms with Crippen LogP contribution in [0.25, 0.3) is 0 Å². The number of morpholine rings is 1. The minimum Gasteiger partial charge on any atom is -0.399 e. The van der Waals surface area contributed by atoms with Gasteiger partial charge in [-0.05, 0) is 25.0 Å². The molecule has 1 aliphatic heterocycles. The number of amides is 1. The van der Waals surface area contributed by atoms with Crippen molar-refractivity contribution in [3.63, 3.8) is 0 Å². The van der Waals surface area contributed by atoms with Gasteiger partial charge in [-0.3, -0.25) is 4.79 Å². The lowest BCUT2D eigenvalue weighted by molar-refractivity contribution is -0.146. The minimum atomic E-state index is -0.418. The summed E-state index contributed by atoms with van der Waals surface area (Å²) in [5.41, 5.74) is 7.69. The van der Waals surface area contributed by atoms with Crippen molar-refractivity contribution in [2.45, 2.75) is 19.4 Å². The maximum absolute atomic E-state index is 12.1. The van der Waals surface area contributed by atoms with E-state index in [0.29, 0.717) is 39.3 Å². The number of hydrogen-bond acceptors (Lipinski definition) is 4. The Morgan fingerprint density at radius 3 is 2.80 bits per heavy atom. The number of rotatable bonds is 5. The van der Waals surface area contributed by atoms with Crippen LogP contribution in [0.3, 0.4) is 0 Å². The van der Waals surface area contributed by atoms with Crippen LogP contribution < -0.4 is 5.73 Å². The van der Waals surface area contributed by atoms with Crippen LogP contribution in [0, 0.1) is 0 Å². The average Bonchev–Trinajstić information content (AvgIpc) is 2.49. The van der Waals surface area contributed by atoms with Crippen molar-refractivity contribution < 1.29 is 14.3 Å². The highest BCUT2D eigenvalue weighted by atomic mass is 16.5. The van der Waals surface area contributed by atoms with Crippen LogP contribution in [0.2, 0.25) is 0 Å². The summed E-state index contributed by atoms with van der Waals surface area (Å²) in [7, 11) is 0. The Kier molecular flexibility index (Phi) is 5.38. The molecule has 2 N–H and O–H groups in total. The van der Waals surface area contributed by atoms with Crippen molar-refractivity contribution in [1.29, 1.82) is 0 Å². The average molecular weight is 278 g/mol. The molecule has 1 fully saturated rings. The molecule has 2 rings (SSSR count). The van der Waals surface area contributed by atoms with Gasteiger partial charge in [0.1, 0.15) is 6.10 Å². The van der Waals surface area contributed by atoms with E-state index in [-0.39, 0.29) is 5.91 Å².